The van der Waals surface area contributed by atoms with E-state index in [9.17, 15) is 0 Å². The zero-order valence-corrected chi connectivity index (χ0v) is 26.5. The van der Waals surface area contributed by atoms with Crippen molar-refractivity contribution in [1.82, 2.24) is 15.0 Å². The summed E-state index contributed by atoms with van der Waals surface area (Å²) in [5, 5.41) is 2.13. The van der Waals surface area contributed by atoms with Gasteiger partial charge in [0.05, 0.1) is 0 Å². The highest BCUT2D eigenvalue weighted by atomic mass is 16.3. The van der Waals surface area contributed by atoms with Gasteiger partial charge >= 0.3 is 0 Å². The third-order valence-electron chi connectivity index (χ3n) is 8.95. The second kappa shape index (κ2) is 12.2. The number of furan rings is 1. The Morgan fingerprint density at radius 2 is 0.612 bits per heavy atom. The van der Waals surface area contributed by atoms with Gasteiger partial charge in [-0.2, -0.15) is 0 Å². The van der Waals surface area contributed by atoms with Crippen LogP contribution in [0.1, 0.15) is 0 Å². The fourth-order valence-corrected chi connectivity index (χ4v) is 6.40. The van der Waals surface area contributed by atoms with Gasteiger partial charge in [0.1, 0.15) is 11.2 Å². The van der Waals surface area contributed by atoms with Gasteiger partial charge < -0.3 is 4.42 Å². The van der Waals surface area contributed by atoms with Crippen molar-refractivity contribution >= 4 is 21.9 Å². The largest absolute Gasteiger partial charge is 0.456 e. The molecule has 9 rings (SSSR count). The molecule has 0 unspecified atom stereocenters. The molecular weight excluding hydrogens is 599 g/mol. The zero-order chi connectivity index (χ0) is 32.6. The van der Waals surface area contributed by atoms with Gasteiger partial charge in [0.15, 0.2) is 17.5 Å². The minimum atomic E-state index is 0.601. The van der Waals surface area contributed by atoms with Gasteiger partial charge in [-0.25, -0.2) is 15.0 Å². The molecule has 2 aromatic heterocycles. The molecule has 230 valence electrons. The minimum absolute atomic E-state index is 0.601. The average Bonchev–Trinajstić information content (AvgIpc) is 3.56. The number of aromatic nitrogens is 3. The second-order valence-electron chi connectivity index (χ2n) is 12.1. The van der Waals surface area contributed by atoms with E-state index in [0.717, 1.165) is 49.8 Å². The first kappa shape index (κ1) is 28.6. The molecule has 0 fully saturated rings. The topological polar surface area (TPSA) is 51.8 Å². The molecule has 49 heavy (non-hydrogen) atoms. The van der Waals surface area contributed by atoms with Crippen molar-refractivity contribution < 1.29 is 4.42 Å². The molecule has 4 heteroatoms. The standard InChI is InChI=1S/C45H29N3O/c1-4-11-30(12-5-1)31-19-21-32(22-20-31)35-17-10-18-36(27-35)37-23-25-39-40-26-24-38(29-42(40)49-41(39)28-37)45-47-43(33-13-6-2-7-14-33)46-44(48-45)34-15-8-3-9-16-34/h1-29H. The van der Waals surface area contributed by atoms with E-state index in [-0.39, 0.29) is 0 Å². The number of hydrogen-bond donors (Lipinski definition) is 0. The van der Waals surface area contributed by atoms with Gasteiger partial charge in [-0.15, -0.1) is 0 Å². The summed E-state index contributed by atoms with van der Waals surface area (Å²) in [7, 11) is 0. The van der Waals surface area contributed by atoms with E-state index in [1.165, 1.54) is 22.3 Å². The number of fused-ring (bicyclic) bond motifs is 3. The quantitative estimate of drug-likeness (QED) is 0.184. The first-order valence-corrected chi connectivity index (χ1v) is 16.4. The Balaban J connectivity index is 1.07. The van der Waals surface area contributed by atoms with Crippen LogP contribution in [0.4, 0.5) is 0 Å². The lowest BCUT2D eigenvalue weighted by molar-refractivity contribution is 0.669. The minimum Gasteiger partial charge on any atom is -0.456 e. The second-order valence-corrected chi connectivity index (χ2v) is 12.1. The maximum atomic E-state index is 6.51. The number of benzene rings is 7. The summed E-state index contributed by atoms with van der Waals surface area (Å²) in [4.78, 5) is 14.6. The fraction of sp³-hybridized carbons (Fsp3) is 0. The lowest BCUT2D eigenvalue weighted by Gasteiger charge is -2.08. The molecule has 2 heterocycles. The van der Waals surface area contributed by atoms with Crippen LogP contribution < -0.4 is 0 Å². The van der Waals surface area contributed by atoms with Crippen molar-refractivity contribution in [3.8, 4) is 67.5 Å². The first-order chi connectivity index (χ1) is 24.2. The van der Waals surface area contributed by atoms with Crippen LogP contribution in [0.25, 0.3) is 89.5 Å². The average molecular weight is 628 g/mol. The van der Waals surface area contributed by atoms with Gasteiger partial charge in [0, 0.05) is 27.5 Å². The van der Waals surface area contributed by atoms with Gasteiger partial charge in [-0.1, -0.05) is 146 Å². The molecule has 0 bridgehead atoms. The van der Waals surface area contributed by atoms with E-state index >= 15 is 0 Å². The van der Waals surface area contributed by atoms with E-state index < -0.39 is 0 Å². The Labute approximate surface area is 284 Å². The smallest absolute Gasteiger partial charge is 0.164 e. The van der Waals surface area contributed by atoms with Crippen LogP contribution in [0.3, 0.4) is 0 Å². The molecule has 0 atom stereocenters. The van der Waals surface area contributed by atoms with Crippen LogP contribution in [-0.2, 0) is 0 Å². The molecule has 0 saturated heterocycles. The lowest BCUT2D eigenvalue weighted by atomic mass is 9.97. The molecule has 0 aliphatic heterocycles. The van der Waals surface area contributed by atoms with E-state index in [2.05, 4.69) is 103 Å². The van der Waals surface area contributed by atoms with Crippen LogP contribution in [0, 0.1) is 0 Å². The van der Waals surface area contributed by atoms with E-state index in [1.54, 1.807) is 0 Å². The Morgan fingerprint density at radius 1 is 0.265 bits per heavy atom. The summed E-state index contributed by atoms with van der Waals surface area (Å²) < 4.78 is 6.51. The van der Waals surface area contributed by atoms with Crippen molar-refractivity contribution in [2.45, 2.75) is 0 Å². The van der Waals surface area contributed by atoms with Crippen molar-refractivity contribution in [3.63, 3.8) is 0 Å². The summed E-state index contributed by atoms with van der Waals surface area (Å²) in [5.74, 6) is 1.87. The Hall–Kier alpha value is -6.65. The van der Waals surface area contributed by atoms with Gasteiger partial charge in [-0.3, -0.25) is 0 Å². The SMILES string of the molecule is c1ccc(-c2ccc(-c3cccc(-c4ccc5c(c4)oc4cc(-c6nc(-c7ccccc7)nc(-c7ccccc7)n6)ccc45)c3)cc2)cc1. The van der Waals surface area contributed by atoms with Crippen LogP contribution in [0.2, 0.25) is 0 Å². The van der Waals surface area contributed by atoms with Crippen LogP contribution in [0.15, 0.2) is 180 Å². The first-order valence-electron chi connectivity index (χ1n) is 16.4. The number of hydrogen-bond acceptors (Lipinski definition) is 4. The van der Waals surface area contributed by atoms with Crippen LogP contribution >= 0.6 is 0 Å². The summed E-state index contributed by atoms with van der Waals surface area (Å²) in [5.41, 5.74) is 11.4. The maximum absolute atomic E-state index is 6.51. The molecule has 4 nitrogen and oxygen atoms in total. The van der Waals surface area contributed by atoms with Gasteiger partial charge in [0.2, 0.25) is 0 Å². The summed E-state index contributed by atoms with van der Waals surface area (Å²) in [6.07, 6.45) is 0. The molecule has 7 aromatic carbocycles. The molecule has 0 radical (unpaired) electrons. The lowest BCUT2D eigenvalue weighted by Crippen LogP contribution is -2.00. The third-order valence-corrected chi connectivity index (χ3v) is 8.95. The highest BCUT2D eigenvalue weighted by Crippen LogP contribution is 2.36. The normalized spacial score (nSPS) is 11.3. The Kier molecular flexibility index (Phi) is 7.10. The number of nitrogens with zero attached hydrogens (tertiary/aromatic N) is 3. The maximum Gasteiger partial charge on any atom is 0.164 e. The molecular formula is C45H29N3O. The van der Waals surface area contributed by atoms with Crippen molar-refractivity contribution in [3.05, 3.63) is 176 Å². The van der Waals surface area contributed by atoms with Crippen LogP contribution in [0.5, 0.6) is 0 Å². The zero-order valence-electron chi connectivity index (χ0n) is 26.5. The van der Waals surface area contributed by atoms with Gasteiger partial charge in [0.25, 0.3) is 0 Å². The molecule has 0 aliphatic rings. The molecule has 0 saturated carbocycles. The van der Waals surface area contributed by atoms with Crippen molar-refractivity contribution in [2.24, 2.45) is 0 Å². The van der Waals surface area contributed by atoms with E-state index in [1.807, 2.05) is 72.8 Å². The molecule has 0 amide bonds. The Bertz CT molecular complexity index is 2520. The molecule has 0 spiro atoms. The third kappa shape index (κ3) is 5.56. The van der Waals surface area contributed by atoms with Crippen LogP contribution in [-0.4, -0.2) is 15.0 Å². The summed E-state index contributed by atoms with van der Waals surface area (Å²) in [6.45, 7) is 0. The predicted molar refractivity (Wildman–Crippen MR) is 200 cm³/mol. The van der Waals surface area contributed by atoms with Gasteiger partial charge in [-0.05, 0) is 63.7 Å². The molecule has 0 aliphatic carbocycles. The highest BCUT2D eigenvalue weighted by molar-refractivity contribution is 6.06. The van der Waals surface area contributed by atoms with Crippen molar-refractivity contribution in [2.75, 3.05) is 0 Å². The number of rotatable bonds is 6. The fourth-order valence-electron chi connectivity index (χ4n) is 6.40. The predicted octanol–water partition coefficient (Wildman–Crippen LogP) is 11.8. The monoisotopic (exact) mass is 627 g/mol. The summed E-state index contributed by atoms with van der Waals surface area (Å²) >= 11 is 0. The summed E-state index contributed by atoms with van der Waals surface area (Å²) in [6, 6.07) is 60.6. The molecule has 9 aromatic rings. The molecule has 0 N–H and O–H groups in total. The van der Waals surface area contributed by atoms with E-state index in [0.29, 0.717) is 17.5 Å². The van der Waals surface area contributed by atoms with Crippen molar-refractivity contribution in [1.29, 1.82) is 0 Å². The van der Waals surface area contributed by atoms with E-state index in [4.69, 9.17) is 19.4 Å². The Morgan fingerprint density at radius 3 is 1.16 bits per heavy atom. The highest BCUT2D eigenvalue weighted by Gasteiger charge is 2.15.